The minimum absolute atomic E-state index is 0.0142. The molecule has 2 rings (SSSR count). The van der Waals surface area contributed by atoms with Crippen LogP contribution in [0.2, 0.25) is 0 Å². The molecule has 0 bridgehead atoms. The third-order valence-corrected chi connectivity index (χ3v) is 4.71. The quantitative estimate of drug-likeness (QED) is 0.807. The van der Waals surface area contributed by atoms with E-state index in [1.807, 2.05) is 6.92 Å². The number of aliphatic carboxylic acids is 1. The van der Waals surface area contributed by atoms with Crippen molar-refractivity contribution in [1.82, 2.24) is 10.2 Å². The van der Waals surface area contributed by atoms with Gasteiger partial charge in [0, 0.05) is 18.5 Å². The zero-order valence-corrected chi connectivity index (χ0v) is 11.8. The first-order chi connectivity index (χ1) is 9.01. The van der Waals surface area contributed by atoms with Crippen molar-refractivity contribution in [3.05, 3.63) is 0 Å². The first-order valence-corrected chi connectivity index (χ1v) is 7.29. The van der Waals surface area contributed by atoms with Crippen LogP contribution in [0, 0.1) is 5.92 Å². The van der Waals surface area contributed by atoms with Crippen molar-refractivity contribution in [2.75, 3.05) is 13.1 Å². The molecule has 2 N–H and O–H groups in total. The highest BCUT2D eigenvalue weighted by Crippen LogP contribution is 2.35. The average molecular weight is 268 g/mol. The van der Waals surface area contributed by atoms with E-state index < -0.39 is 11.5 Å². The Kier molecular flexibility index (Phi) is 4.13. The second-order valence-electron chi connectivity index (χ2n) is 5.86. The Balaban J connectivity index is 2.15. The zero-order valence-electron chi connectivity index (χ0n) is 11.8. The van der Waals surface area contributed by atoms with Gasteiger partial charge in [-0.3, -0.25) is 4.79 Å². The van der Waals surface area contributed by atoms with Gasteiger partial charge in [0.1, 0.15) is 5.54 Å². The fraction of sp³-hybridized carbons (Fsp3) is 0.857. The summed E-state index contributed by atoms with van der Waals surface area (Å²) in [6.07, 6.45) is 3.51. The summed E-state index contributed by atoms with van der Waals surface area (Å²) in [4.78, 5) is 25.9. The minimum atomic E-state index is -0.953. The van der Waals surface area contributed by atoms with Crippen molar-refractivity contribution < 1.29 is 14.7 Å². The van der Waals surface area contributed by atoms with Gasteiger partial charge in [0.05, 0.1) is 0 Å². The van der Waals surface area contributed by atoms with Crippen LogP contribution >= 0.6 is 0 Å². The van der Waals surface area contributed by atoms with Crippen LogP contribution in [0.15, 0.2) is 0 Å². The van der Waals surface area contributed by atoms with Gasteiger partial charge in [-0.2, -0.15) is 0 Å². The van der Waals surface area contributed by atoms with E-state index in [0.717, 1.165) is 25.8 Å². The number of hydrogen-bond acceptors (Lipinski definition) is 3. The highest BCUT2D eigenvalue weighted by atomic mass is 16.4. The van der Waals surface area contributed by atoms with E-state index in [4.69, 9.17) is 0 Å². The average Bonchev–Trinajstić information content (AvgIpc) is 2.82. The van der Waals surface area contributed by atoms with E-state index in [1.165, 1.54) is 0 Å². The highest BCUT2D eigenvalue weighted by Gasteiger charge is 2.49. The second-order valence-corrected chi connectivity index (χ2v) is 5.86. The second kappa shape index (κ2) is 5.49. The smallest absolute Gasteiger partial charge is 0.329 e. The van der Waals surface area contributed by atoms with Crippen LogP contribution in [0.25, 0.3) is 0 Å². The molecule has 108 valence electrons. The molecule has 0 aromatic carbocycles. The molecule has 1 amide bonds. The van der Waals surface area contributed by atoms with Gasteiger partial charge in [-0.15, -0.1) is 0 Å². The van der Waals surface area contributed by atoms with Crippen LogP contribution < -0.4 is 5.32 Å². The number of rotatable bonds is 3. The Hall–Kier alpha value is -1.10. The molecule has 3 atom stereocenters. The van der Waals surface area contributed by atoms with E-state index in [9.17, 15) is 14.7 Å². The fourth-order valence-corrected chi connectivity index (χ4v) is 3.52. The molecular weight excluding hydrogens is 244 g/mol. The molecule has 2 aliphatic heterocycles. The summed E-state index contributed by atoms with van der Waals surface area (Å²) in [5, 5.41) is 12.9. The molecule has 2 heterocycles. The lowest BCUT2D eigenvalue weighted by Crippen LogP contribution is -2.55. The van der Waals surface area contributed by atoms with Gasteiger partial charge in [0.2, 0.25) is 5.91 Å². The molecule has 2 aliphatic rings. The molecule has 19 heavy (non-hydrogen) atoms. The molecule has 0 aromatic heterocycles. The molecule has 2 fully saturated rings. The molecule has 5 heteroatoms. The van der Waals surface area contributed by atoms with Crippen molar-refractivity contribution in [2.45, 2.75) is 57.5 Å². The van der Waals surface area contributed by atoms with Crippen LogP contribution in [0.5, 0.6) is 0 Å². The molecule has 3 unspecified atom stereocenters. The lowest BCUT2D eigenvalue weighted by Gasteiger charge is -2.38. The van der Waals surface area contributed by atoms with Crippen LogP contribution in [0.3, 0.4) is 0 Å². The largest absolute Gasteiger partial charge is 0.479 e. The number of carbonyl (C=O) groups excluding carboxylic acids is 1. The van der Waals surface area contributed by atoms with Gasteiger partial charge in [0.25, 0.3) is 0 Å². The fourth-order valence-electron chi connectivity index (χ4n) is 3.52. The molecule has 0 aliphatic carbocycles. The van der Waals surface area contributed by atoms with Crippen molar-refractivity contribution in [3.8, 4) is 0 Å². The Morgan fingerprint density at radius 1 is 1.47 bits per heavy atom. The van der Waals surface area contributed by atoms with Crippen molar-refractivity contribution in [1.29, 1.82) is 0 Å². The van der Waals surface area contributed by atoms with Crippen LogP contribution in [-0.2, 0) is 9.59 Å². The molecule has 0 spiro atoms. The normalized spacial score (nSPS) is 35.4. The highest BCUT2D eigenvalue weighted by molar-refractivity contribution is 5.89. The summed E-state index contributed by atoms with van der Waals surface area (Å²) in [6.45, 7) is 5.38. The third kappa shape index (κ3) is 2.48. The summed E-state index contributed by atoms with van der Waals surface area (Å²) in [6, 6.07) is 0.339. The summed E-state index contributed by atoms with van der Waals surface area (Å²) in [5.41, 5.74) is -0.953. The summed E-state index contributed by atoms with van der Waals surface area (Å²) in [7, 11) is 0. The minimum Gasteiger partial charge on any atom is -0.479 e. The number of amides is 1. The first kappa shape index (κ1) is 14.3. The number of likely N-dealkylation sites (tertiary alicyclic amines) is 1. The molecule has 2 saturated heterocycles. The molecule has 0 radical (unpaired) electrons. The van der Waals surface area contributed by atoms with Gasteiger partial charge in [-0.05, 0) is 45.6 Å². The Bertz CT molecular complexity index is 372. The third-order valence-electron chi connectivity index (χ3n) is 4.71. The van der Waals surface area contributed by atoms with Crippen molar-refractivity contribution >= 4 is 11.9 Å². The standard InChI is InChI=1S/C14H24N2O3/c1-3-14(13(18)19)6-4-8-16(14)12(17)11-5-7-15-10(2)9-11/h10-11,15H,3-9H2,1-2H3,(H,18,19). The summed E-state index contributed by atoms with van der Waals surface area (Å²) in [5.74, 6) is -0.808. The Morgan fingerprint density at radius 3 is 2.79 bits per heavy atom. The summed E-state index contributed by atoms with van der Waals surface area (Å²) >= 11 is 0. The van der Waals surface area contributed by atoms with Crippen molar-refractivity contribution in [3.63, 3.8) is 0 Å². The van der Waals surface area contributed by atoms with Gasteiger partial charge in [0.15, 0.2) is 0 Å². The lowest BCUT2D eigenvalue weighted by molar-refractivity contribution is -0.159. The maximum absolute atomic E-state index is 12.7. The van der Waals surface area contributed by atoms with Gasteiger partial charge in [-0.25, -0.2) is 4.79 Å². The molecule has 0 aromatic rings. The van der Waals surface area contributed by atoms with E-state index in [0.29, 0.717) is 25.4 Å². The number of carboxylic acid groups (broad SMARTS) is 1. The molecule has 5 nitrogen and oxygen atoms in total. The first-order valence-electron chi connectivity index (χ1n) is 7.29. The van der Waals surface area contributed by atoms with E-state index in [-0.39, 0.29) is 11.8 Å². The monoisotopic (exact) mass is 268 g/mol. The maximum atomic E-state index is 12.7. The van der Waals surface area contributed by atoms with Crippen LogP contribution in [0.4, 0.5) is 0 Å². The Morgan fingerprint density at radius 2 is 2.21 bits per heavy atom. The summed E-state index contributed by atoms with van der Waals surface area (Å²) < 4.78 is 0. The SMILES string of the molecule is CCC1(C(=O)O)CCCN1C(=O)C1CCNC(C)C1. The van der Waals surface area contributed by atoms with Crippen molar-refractivity contribution in [2.24, 2.45) is 5.92 Å². The Labute approximate surface area is 114 Å². The number of nitrogens with zero attached hydrogens (tertiary/aromatic N) is 1. The van der Waals surface area contributed by atoms with Gasteiger partial charge in [-0.1, -0.05) is 6.92 Å². The molecular formula is C14H24N2O3. The topological polar surface area (TPSA) is 69.6 Å². The number of piperidine rings is 1. The van der Waals surface area contributed by atoms with E-state index >= 15 is 0 Å². The lowest BCUT2D eigenvalue weighted by atomic mass is 9.88. The van der Waals surface area contributed by atoms with E-state index in [1.54, 1.807) is 4.90 Å². The van der Waals surface area contributed by atoms with E-state index in [2.05, 4.69) is 12.2 Å². The predicted octanol–water partition coefficient (Wildman–Crippen LogP) is 1.23. The maximum Gasteiger partial charge on any atom is 0.329 e. The van der Waals surface area contributed by atoms with Crippen LogP contribution in [-0.4, -0.2) is 46.6 Å². The number of nitrogens with one attached hydrogen (secondary N) is 1. The number of hydrogen-bond donors (Lipinski definition) is 2. The molecule has 0 saturated carbocycles. The van der Waals surface area contributed by atoms with Gasteiger partial charge < -0.3 is 15.3 Å². The van der Waals surface area contributed by atoms with Gasteiger partial charge >= 0.3 is 5.97 Å². The zero-order chi connectivity index (χ0) is 14.0. The predicted molar refractivity (Wildman–Crippen MR) is 71.8 cm³/mol. The van der Waals surface area contributed by atoms with Crippen LogP contribution in [0.1, 0.15) is 46.0 Å². The number of carboxylic acids is 1. The number of carbonyl (C=O) groups is 2.